The molecule has 2 aliphatic rings. The van der Waals surface area contributed by atoms with E-state index in [1.165, 1.54) is 149 Å². The lowest BCUT2D eigenvalue weighted by atomic mass is 9.33. The van der Waals surface area contributed by atoms with Crippen molar-refractivity contribution in [3.63, 3.8) is 0 Å². The second-order valence-corrected chi connectivity index (χ2v) is 29.6. The number of anilines is 6. The fourth-order valence-electron chi connectivity index (χ4n) is 12.6. The zero-order valence-electron chi connectivity index (χ0n) is 47.2. The molecule has 0 saturated carbocycles. The van der Waals surface area contributed by atoms with E-state index < -0.39 is 0 Å². The van der Waals surface area contributed by atoms with Gasteiger partial charge in [-0.2, -0.15) is 0 Å². The lowest BCUT2D eigenvalue weighted by molar-refractivity contribution is 0.590. The van der Waals surface area contributed by atoms with Crippen LogP contribution in [0.4, 0.5) is 32.8 Å². The van der Waals surface area contributed by atoms with Crippen LogP contribution in [0.25, 0.3) is 83.5 Å². The van der Waals surface area contributed by atoms with Crippen LogP contribution in [-0.4, -0.2) is 6.71 Å². The Balaban J connectivity index is 1.11. The summed E-state index contributed by atoms with van der Waals surface area (Å²) >= 11 is 7.69. The quantitative estimate of drug-likeness (QED) is 0.153. The molecule has 13 aromatic rings. The number of rotatable bonds is 6. The number of hydrogen-bond acceptors (Lipinski definition) is 6. The minimum absolute atomic E-state index is 0.0560. The summed E-state index contributed by atoms with van der Waals surface area (Å²) < 4.78 is 5.23. The van der Waals surface area contributed by atoms with Crippen molar-refractivity contribution in [3.05, 3.63) is 223 Å². The molecule has 0 N–H and O–H groups in total. The molecule has 0 spiro atoms. The molecule has 15 rings (SSSR count). The monoisotopic (exact) mass is 1120 g/mol. The smallest absolute Gasteiger partial charge is 0.256 e. The van der Waals surface area contributed by atoms with Gasteiger partial charge in [0.25, 0.3) is 6.71 Å². The van der Waals surface area contributed by atoms with Crippen LogP contribution in [0.15, 0.2) is 206 Å². The average Bonchev–Trinajstić information content (AvgIpc) is 4.10. The average molecular weight is 1120 g/mol. The van der Waals surface area contributed by atoms with Gasteiger partial charge in [-0.1, -0.05) is 208 Å². The summed E-state index contributed by atoms with van der Waals surface area (Å²) in [6.45, 7) is 21.3. The number of hydrogen-bond donors (Lipinski definition) is 0. The Morgan fingerprint density at radius 2 is 0.716 bits per heavy atom. The van der Waals surface area contributed by atoms with Crippen LogP contribution in [0, 0.1) is 0 Å². The molecule has 0 saturated heterocycles. The van der Waals surface area contributed by atoms with E-state index in [0.29, 0.717) is 0 Å². The van der Waals surface area contributed by atoms with Crippen molar-refractivity contribution in [1.82, 2.24) is 0 Å². The van der Waals surface area contributed by atoms with Crippen molar-refractivity contribution in [3.8, 4) is 43.1 Å². The van der Waals surface area contributed by atoms with Crippen molar-refractivity contribution < 1.29 is 0 Å². The minimum atomic E-state index is -0.204. The highest BCUT2D eigenvalue weighted by Gasteiger charge is 2.48. The molecule has 6 heterocycles. The van der Waals surface area contributed by atoms with Gasteiger partial charge < -0.3 is 9.80 Å². The highest BCUT2D eigenvalue weighted by atomic mass is 32.1. The Hall–Kier alpha value is -7.52. The molecule has 9 aromatic carbocycles. The van der Waals surface area contributed by atoms with E-state index in [-0.39, 0.29) is 23.0 Å². The summed E-state index contributed by atoms with van der Waals surface area (Å²) in [6, 6.07) is 79.1. The van der Waals surface area contributed by atoms with E-state index in [9.17, 15) is 0 Å². The molecule has 0 fully saturated rings. The Kier molecular flexibility index (Phi) is 11.5. The Bertz CT molecular complexity index is 4310. The Morgan fingerprint density at radius 1 is 0.309 bits per heavy atom. The summed E-state index contributed by atoms with van der Waals surface area (Å²) in [7, 11) is 0. The molecule has 2 nitrogen and oxygen atoms in total. The predicted molar refractivity (Wildman–Crippen MR) is 360 cm³/mol. The number of fused-ring (bicyclic) bond motifs is 10. The summed E-state index contributed by atoms with van der Waals surface area (Å²) in [6.07, 6.45) is 0. The highest BCUT2D eigenvalue weighted by Crippen LogP contribution is 2.55. The molecule has 0 bridgehead atoms. The highest BCUT2D eigenvalue weighted by molar-refractivity contribution is 7.29. The number of thiophene rings is 4. The van der Waals surface area contributed by atoms with Crippen LogP contribution in [-0.2, 0) is 16.2 Å². The number of benzene rings is 9. The van der Waals surface area contributed by atoms with Crippen molar-refractivity contribution >= 4 is 142 Å². The summed E-state index contributed by atoms with van der Waals surface area (Å²) in [5.41, 5.74) is 19.9. The van der Waals surface area contributed by atoms with Crippen molar-refractivity contribution in [1.29, 1.82) is 0 Å². The van der Waals surface area contributed by atoms with Gasteiger partial charge >= 0.3 is 0 Å². The van der Waals surface area contributed by atoms with Crippen LogP contribution >= 0.6 is 45.3 Å². The van der Waals surface area contributed by atoms with Crippen LogP contribution in [0.1, 0.15) is 79.0 Å². The van der Waals surface area contributed by atoms with Crippen LogP contribution in [0.3, 0.4) is 0 Å². The molecule has 81 heavy (non-hydrogen) atoms. The maximum absolute atomic E-state index is 2.73. The van der Waals surface area contributed by atoms with E-state index in [1.54, 1.807) is 0 Å². The first-order valence-electron chi connectivity index (χ1n) is 28.3. The van der Waals surface area contributed by atoms with Gasteiger partial charge in [-0.3, -0.25) is 0 Å². The van der Waals surface area contributed by atoms with Gasteiger partial charge in [0.2, 0.25) is 0 Å². The van der Waals surface area contributed by atoms with E-state index in [2.05, 4.69) is 278 Å². The molecule has 0 radical (unpaired) electrons. The first-order valence-corrected chi connectivity index (χ1v) is 31.6. The molecule has 394 valence electrons. The van der Waals surface area contributed by atoms with E-state index in [4.69, 9.17) is 0 Å². The van der Waals surface area contributed by atoms with Gasteiger partial charge in [0.1, 0.15) is 0 Å². The molecular formula is C74H61BN2S4. The van der Waals surface area contributed by atoms with Gasteiger partial charge in [0.05, 0.1) is 21.4 Å². The van der Waals surface area contributed by atoms with E-state index >= 15 is 0 Å². The third kappa shape index (κ3) is 8.28. The number of nitrogens with zero attached hydrogens (tertiary/aromatic N) is 2. The predicted octanol–water partition coefficient (Wildman–Crippen LogP) is 21.2. The van der Waals surface area contributed by atoms with Gasteiger partial charge in [-0.05, 0) is 154 Å². The summed E-state index contributed by atoms with van der Waals surface area (Å²) in [4.78, 5) is 7.99. The molecule has 4 aromatic heterocycles. The first kappa shape index (κ1) is 50.4. The molecule has 0 unspecified atom stereocenters. The minimum Gasteiger partial charge on any atom is -0.302 e. The first-order chi connectivity index (χ1) is 39.0. The standard InChI is InChI=1S/C74H61BN2S4/c1-72(2,3)50-30-34-63-55(40-50)67-70(80-63)76(57-36-48(28-32-53(57)44-20-12-10-13-21-44)65-38-46-24-16-18-26-61(46)78-65)59-42-52(74(7,8)9)43-60-69(59)75(67)68-56-41-51(73(4,5)6)31-35-64(56)81-71(68)77(60)58-37-49(29-33-54(58)45-22-14-11-15-23-45)66-39-47-25-17-19-27-62(47)79-66/h10-43H,1-9H3. The van der Waals surface area contributed by atoms with Crippen molar-refractivity contribution in [2.24, 2.45) is 0 Å². The summed E-state index contributed by atoms with van der Waals surface area (Å²) in [5, 5.41) is 7.83. The Morgan fingerprint density at radius 3 is 1.12 bits per heavy atom. The van der Waals surface area contributed by atoms with Crippen molar-refractivity contribution in [2.45, 2.75) is 78.6 Å². The largest absolute Gasteiger partial charge is 0.302 e. The lowest BCUT2D eigenvalue weighted by Gasteiger charge is -2.44. The van der Waals surface area contributed by atoms with Crippen molar-refractivity contribution in [2.75, 3.05) is 9.80 Å². The Labute approximate surface area is 492 Å². The van der Waals surface area contributed by atoms with Gasteiger partial charge in [-0.15, -0.1) is 45.3 Å². The molecular weight excluding hydrogens is 1060 g/mol. The van der Waals surface area contributed by atoms with Gasteiger partial charge in [0, 0.05) is 51.1 Å². The lowest BCUT2D eigenvalue weighted by Crippen LogP contribution is -2.60. The SMILES string of the molecule is CC(C)(C)c1cc2c3c(c1)N(c1cc(-c4cc5ccccc5s4)ccc1-c1ccccc1)c1sc4ccc(C(C)(C)C)cc4c1B3c1c(sc3ccc(C(C)(C)C)cc13)N2c1cc(-c2cc3ccccc3s2)ccc1-c1ccccc1. The van der Waals surface area contributed by atoms with Crippen LogP contribution < -0.4 is 26.2 Å². The molecule has 0 aliphatic carbocycles. The fourth-order valence-corrected chi connectivity index (χ4v) is 17.2. The molecule has 7 heteroatoms. The zero-order valence-corrected chi connectivity index (χ0v) is 50.5. The fraction of sp³-hybridized carbons (Fsp3) is 0.162. The van der Waals surface area contributed by atoms with Gasteiger partial charge in [-0.25, -0.2) is 0 Å². The van der Waals surface area contributed by atoms with E-state index in [0.717, 1.165) is 0 Å². The summed E-state index contributed by atoms with van der Waals surface area (Å²) in [5.74, 6) is 0. The molecule has 0 amide bonds. The zero-order chi connectivity index (χ0) is 55.3. The maximum atomic E-state index is 2.73. The molecule has 2 aliphatic heterocycles. The van der Waals surface area contributed by atoms with E-state index in [1.807, 2.05) is 45.3 Å². The second kappa shape index (κ2) is 18.5. The topological polar surface area (TPSA) is 6.48 Å². The van der Waals surface area contributed by atoms with Crippen LogP contribution in [0.5, 0.6) is 0 Å². The third-order valence-electron chi connectivity index (χ3n) is 17.0. The maximum Gasteiger partial charge on any atom is 0.256 e. The second-order valence-electron chi connectivity index (χ2n) is 25.3. The third-order valence-corrected chi connectivity index (χ3v) is 21.6. The van der Waals surface area contributed by atoms with Gasteiger partial charge in [0.15, 0.2) is 0 Å². The molecule has 0 atom stereocenters. The normalized spacial score (nSPS) is 13.4. The van der Waals surface area contributed by atoms with Crippen LogP contribution in [0.2, 0.25) is 0 Å².